The lowest BCUT2D eigenvalue weighted by Gasteiger charge is -2.24. The van der Waals surface area contributed by atoms with E-state index in [1.165, 1.54) is 13.0 Å². The number of nitrogens with one attached hydrogen (secondary N) is 1. The van der Waals surface area contributed by atoms with Crippen LogP contribution in [0.1, 0.15) is 30.2 Å². The first-order chi connectivity index (χ1) is 11.2. The van der Waals surface area contributed by atoms with Gasteiger partial charge in [0.2, 0.25) is 5.91 Å². The fraction of sp³-hybridized carbons (Fsp3) is 0.412. The number of halogens is 2. The second-order valence-corrected chi connectivity index (χ2v) is 6.09. The fourth-order valence-corrected chi connectivity index (χ4v) is 2.52. The number of amides is 1. The molecule has 1 atom stereocenters. The Morgan fingerprint density at radius 3 is 2.71 bits per heavy atom. The third kappa shape index (κ3) is 4.38. The second-order valence-electron chi connectivity index (χ2n) is 6.09. The molecule has 0 bridgehead atoms. The lowest BCUT2D eigenvalue weighted by molar-refractivity contribution is -0.122. The Labute approximate surface area is 139 Å². The smallest absolute Gasteiger partial charge is 0.220 e. The van der Waals surface area contributed by atoms with Crippen LogP contribution < -0.4 is 5.32 Å². The molecule has 0 aliphatic heterocycles. The molecule has 0 saturated carbocycles. The zero-order chi connectivity index (χ0) is 17.9. The molecule has 1 heterocycles. The summed E-state index contributed by atoms with van der Waals surface area (Å²) < 4.78 is 28.4. The van der Waals surface area contributed by atoms with Crippen molar-refractivity contribution in [2.45, 2.75) is 32.3 Å². The highest BCUT2D eigenvalue weighted by atomic mass is 19.1. The SMILES string of the molecule is Cc1nn(C)cc1CCC(=O)NCC(C)(O)c1ccc(F)cc1F. The van der Waals surface area contributed by atoms with Crippen molar-refractivity contribution in [3.63, 3.8) is 0 Å². The van der Waals surface area contributed by atoms with E-state index in [2.05, 4.69) is 10.4 Å². The maximum absolute atomic E-state index is 13.8. The van der Waals surface area contributed by atoms with E-state index in [0.717, 1.165) is 17.3 Å². The number of aliphatic hydroxyl groups is 1. The standard InChI is InChI=1S/C17H21F2N3O2/c1-11-12(9-22(3)21-11)4-7-16(23)20-10-17(2,24)14-6-5-13(18)8-15(14)19/h5-6,8-9,24H,4,7,10H2,1-3H3,(H,20,23). The highest BCUT2D eigenvalue weighted by Gasteiger charge is 2.27. The highest BCUT2D eigenvalue weighted by Crippen LogP contribution is 2.23. The van der Waals surface area contributed by atoms with Crippen molar-refractivity contribution in [2.75, 3.05) is 6.54 Å². The van der Waals surface area contributed by atoms with Gasteiger partial charge < -0.3 is 10.4 Å². The van der Waals surface area contributed by atoms with Crippen LogP contribution >= 0.6 is 0 Å². The molecule has 7 heteroatoms. The number of rotatable bonds is 6. The minimum absolute atomic E-state index is 0.0627. The van der Waals surface area contributed by atoms with Gasteiger partial charge in [0.1, 0.15) is 17.2 Å². The Morgan fingerprint density at radius 1 is 1.42 bits per heavy atom. The van der Waals surface area contributed by atoms with Crippen molar-refractivity contribution in [3.8, 4) is 0 Å². The maximum Gasteiger partial charge on any atom is 0.220 e. The van der Waals surface area contributed by atoms with Crippen molar-refractivity contribution in [3.05, 3.63) is 52.9 Å². The summed E-state index contributed by atoms with van der Waals surface area (Å²) in [5.74, 6) is -1.83. The molecule has 1 amide bonds. The molecule has 0 aliphatic carbocycles. The van der Waals surface area contributed by atoms with Gasteiger partial charge in [0.05, 0.1) is 12.2 Å². The first-order valence-corrected chi connectivity index (χ1v) is 7.63. The molecule has 24 heavy (non-hydrogen) atoms. The third-order valence-corrected chi connectivity index (χ3v) is 3.88. The number of hydrogen-bond acceptors (Lipinski definition) is 3. The van der Waals surface area contributed by atoms with Crippen molar-refractivity contribution < 1.29 is 18.7 Å². The van der Waals surface area contributed by atoms with Gasteiger partial charge in [-0.1, -0.05) is 6.07 Å². The number of nitrogens with zero attached hydrogens (tertiary/aromatic N) is 2. The van der Waals surface area contributed by atoms with E-state index in [1.54, 1.807) is 4.68 Å². The van der Waals surface area contributed by atoms with Crippen molar-refractivity contribution >= 4 is 5.91 Å². The fourth-order valence-electron chi connectivity index (χ4n) is 2.52. The maximum atomic E-state index is 13.8. The Balaban J connectivity index is 1.91. The summed E-state index contributed by atoms with van der Waals surface area (Å²) in [5, 5.41) is 17.1. The third-order valence-electron chi connectivity index (χ3n) is 3.88. The van der Waals surface area contributed by atoms with Crippen LogP contribution in [0.3, 0.4) is 0 Å². The van der Waals surface area contributed by atoms with E-state index in [4.69, 9.17) is 0 Å². The molecule has 0 radical (unpaired) electrons. The monoisotopic (exact) mass is 337 g/mol. The first-order valence-electron chi connectivity index (χ1n) is 7.63. The normalized spacial score (nSPS) is 13.6. The summed E-state index contributed by atoms with van der Waals surface area (Å²) in [6, 6.07) is 2.95. The minimum Gasteiger partial charge on any atom is -0.383 e. The molecule has 2 rings (SSSR count). The molecule has 0 aliphatic rings. The molecule has 1 aromatic carbocycles. The number of benzene rings is 1. The predicted octanol–water partition coefficient (Wildman–Crippen LogP) is 1.96. The van der Waals surface area contributed by atoms with Crippen molar-refractivity contribution in [1.29, 1.82) is 0 Å². The van der Waals surface area contributed by atoms with Crippen LogP contribution in [0.15, 0.2) is 24.4 Å². The summed E-state index contributed by atoms with van der Waals surface area (Å²) in [4.78, 5) is 11.9. The molecule has 2 aromatic rings. The second kappa shape index (κ2) is 7.09. The Kier molecular flexibility index (Phi) is 5.33. The quantitative estimate of drug-likeness (QED) is 0.847. The van der Waals surface area contributed by atoms with Crippen LogP contribution in [0.4, 0.5) is 8.78 Å². The van der Waals surface area contributed by atoms with E-state index >= 15 is 0 Å². The number of hydrogen-bond donors (Lipinski definition) is 2. The van der Waals surface area contributed by atoms with Crippen LogP contribution in [0.25, 0.3) is 0 Å². The summed E-state index contributed by atoms with van der Waals surface area (Å²) in [6.45, 7) is 3.07. The zero-order valence-electron chi connectivity index (χ0n) is 13.9. The van der Waals surface area contributed by atoms with Gasteiger partial charge >= 0.3 is 0 Å². The lowest BCUT2D eigenvalue weighted by Crippen LogP contribution is -2.39. The van der Waals surface area contributed by atoms with Gasteiger partial charge in [-0.05, 0) is 31.9 Å². The summed E-state index contributed by atoms with van der Waals surface area (Å²) in [6.07, 6.45) is 2.61. The molecule has 1 unspecified atom stereocenters. The van der Waals surface area contributed by atoms with Gasteiger partial charge in [-0.15, -0.1) is 0 Å². The molecule has 5 nitrogen and oxygen atoms in total. The van der Waals surface area contributed by atoms with Gasteiger partial charge in [-0.2, -0.15) is 5.10 Å². The first kappa shape index (κ1) is 18.1. The van der Waals surface area contributed by atoms with Crippen molar-refractivity contribution in [1.82, 2.24) is 15.1 Å². The summed E-state index contributed by atoms with van der Waals surface area (Å²) >= 11 is 0. The number of carbonyl (C=O) groups is 1. The van der Waals surface area contributed by atoms with Crippen LogP contribution in [0.5, 0.6) is 0 Å². The Bertz CT molecular complexity index is 741. The Morgan fingerprint density at radius 2 is 2.12 bits per heavy atom. The molecular formula is C17H21F2N3O2. The van der Waals surface area contributed by atoms with Gasteiger partial charge in [0.25, 0.3) is 0 Å². The minimum atomic E-state index is -1.63. The van der Waals surface area contributed by atoms with Crippen LogP contribution in [-0.2, 0) is 23.9 Å². The molecule has 130 valence electrons. The van der Waals surface area contributed by atoms with Crippen LogP contribution in [0.2, 0.25) is 0 Å². The Hall–Kier alpha value is -2.28. The predicted molar refractivity (Wildman–Crippen MR) is 85.2 cm³/mol. The van der Waals surface area contributed by atoms with E-state index in [1.807, 2.05) is 20.2 Å². The van der Waals surface area contributed by atoms with E-state index in [9.17, 15) is 18.7 Å². The van der Waals surface area contributed by atoms with Gasteiger partial charge in [-0.3, -0.25) is 9.48 Å². The average molecular weight is 337 g/mol. The van der Waals surface area contributed by atoms with Crippen LogP contribution in [0, 0.1) is 18.6 Å². The van der Waals surface area contributed by atoms with E-state index in [0.29, 0.717) is 12.5 Å². The van der Waals surface area contributed by atoms with Gasteiger partial charge in [0.15, 0.2) is 0 Å². The summed E-state index contributed by atoms with van der Waals surface area (Å²) in [7, 11) is 1.81. The molecule has 0 spiro atoms. The zero-order valence-corrected chi connectivity index (χ0v) is 13.9. The van der Waals surface area contributed by atoms with Gasteiger partial charge in [0, 0.05) is 31.3 Å². The largest absolute Gasteiger partial charge is 0.383 e. The van der Waals surface area contributed by atoms with Crippen LogP contribution in [-0.4, -0.2) is 27.3 Å². The van der Waals surface area contributed by atoms with E-state index in [-0.39, 0.29) is 24.4 Å². The topological polar surface area (TPSA) is 67.2 Å². The molecule has 0 fully saturated rings. The van der Waals surface area contributed by atoms with E-state index < -0.39 is 17.2 Å². The number of aryl methyl sites for hydroxylation is 3. The lowest BCUT2D eigenvalue weighted by atomic mass is 9.95. The van der Waals surface area contributed by atoms with Crippen molar-refractivity contribution in [2.24, 2.45) is 7.05 Å². The molecule has 1 aromatic heterocycles. The highest BCUT2D eigenvalue weighted by molar-refractivity contribution is 5.76. The number of aromatic nitrogens is 2. The molecule has 0 saturated heterocycles. The van der Waals surface area contributed by atoms with Gasteiger partial charge in [-0.25, -0.2) is 8.78 Å². The molecular weight excluding hydrogens is 316 g/mol. The average Bonchev–Trinajstić information content (AvgIpc) is 2.80. The molecule has 2 N–H and O–H groups in total. The number of carbonyl (C=O) groups excluding carboxylic acids is 1. The summed E-state index contributed by atoms with van der Waals surface area (Å²) in [5.41, 5.74) is 0.152.